The van der Waals surface area contributed by atoms with E-state index in [9.17, 15) is 9.59 Å². The molecule has 16 heavy (non-hydrogen) atoms. The maximum atomic E-state index is 11.4. The van der Waals surface area contributed by atoms with Crippen molar-refractivity contribution in [1.29, 1.82) is 0 Å². The number of nitrogens with one attached hydrogen (secondary N) is 1. The maximum Gasteiger partial charge on any atom is 0.328 e. The van der Waals surface area contributed by atoms with E-state index < -0.39 is 0 Å². The summed E-state index contributed by atoms with van der Waals surface area (Å²) in [5.74, 6) is 0. The quantitative estimate of drug-likeness (QED) is 0.786. The lowest BCUT2D eigenvalue weighted by Crippen LogP contribution is -2.36. The highest BCUT2D eigenvalue weighted by atomic mass is 16.2. The Morgan fingerprint density at radius 1 is 1.12 bits per heavy atom. The van der Waals surface area contributed by atoms with Crippen molar-refractivity contribution in [2.24, 2.45) is 0 Å². The van der Waals surface area contributed by atoms with Gasteiger partial charge in [0.15, 0.2) is 0 Å². The molecule has 1 aromatic heterocycles. The second-order valence-electron chi connectivity index (χ2n) is 4.21. The summed E-state index contributed by atoms with van der Waals surface area (Å²) in [5, 5.41) is 0. The van der Waals surface area contributed by atoms with E-state index in [4.69, 9.17) is 0 Å². The molecule has 1 fully saturated rings. The molecule has 1 saturated heterocycles. The minimum Gasteiger partial charge on any atom is -0.302 e. The molecule has 0 amide bonds. The van der Waals surface area contributed by atoms with Crippen LogP contribution in [0.2, 0.25) is 0 Å². The van der Waals surface area contributed by atoms with Crippen LogP contribution in [0.25, 0.3) is 0 Å². The summed E-state index contributed by atoms with van der Waals surface area (Å²) in [6, 6.07) is 1.39. The zero-order chi connectivity index (χ0) is 11.4. The minimum atomic E-state index is -0.334. The van der Waals surface area contributed by atoms with Gasteiger partial charge in [0.05, 0.1) is 0 Å². The number of piperidine rings is 1. The molecule has 2 rings (SSSR count). The van der Waals surface area contributed by atoms with Crippen LogP contribution in [-0.2, 0) is 6.54 Å². The van der Waals surface area contributed by atoms with Gasteiger partial charge in [0, 0.05) is 25.4 Å². The van der Waals surface area contributed by atoms with E-state index in [1.165, 1.54) is 25.3 Å². The monoisotopic (exact) mass is 223 g/mol. The average Bonchev–Trinajstić information content (AvgIpc) is 2.29. The Bertz CT molecular complexity index is 443. The van der Waals surface area contributed by atoms with Crippen molar-refractivity contribution in [3.05, 3.63) is 33.1 Å². The molecule has 88 valence electrons. The fourth-order valence-electron chi connectivity index (χ4n) is 2.05. The molecule has 0 spiro atoms. The van der Waals surface area contributed by atoms with Crippen molar-refractivity contribution in [2.45, 2.75) is 25.8 Å². The molecule has 0 radical (unpaired) electrons. The van der Waals surface area contributed by atoms with Crippen molar-refractivity contribution in [2.75, 3.05) is 19.6 Å². The molecular formula is C11H17N3O2. The zero-order valence-corrected chi connectivity index (χ0v) is 9.32. The summed E-state index contributed by atoms with van der Waals surface area (Å²) in [6.45, 7) is 3.78. The molecule has 0 aromatic carbocycles. The van der Waals surface area contributed by atoms with Crippen molar-refractivity contribution in [3.8, 4) is 0 Å². The van der Waals surface area contributed by atoms with E-state index in [0.29, 0.717) is 6.54 Å². The molecule has 0 bridgehead atoms. The van der Waals surface area contributed by atoms with Crippen molar-refractivity contribution >= 4 is 0 Å². The molecule has 5 nitrogen and oxygen atoms in total. The summed E-state index contributed by atoms with van der Waals surface area (Å²) >= 11 is 0. The first-order chi connectivity index (χ1) is 7.75. The second kappa shape index (κ2) is 5.12. The summed E-state index contributed by atoms with van der Waals surface area (Å²) < 4.78 is 1.55. The van der Waals surface area contributed by atoms with Crippen LogP contribution in [-0.4, -0.2) is 34.1 Å². The third-order valence-electron chi connectivity index (χ3n) is 3.00. The van der Waals surface area contributed by atoms with Crippen LogP contribution in [0.15, 0.2) is 21.9 Å². The van der Waals surface area contributed by atoms with Gasteiger partial charge in [0.25, 0.3) is 5.56 Å². The van der Waals surface area contributed by atoms with Gasteiger partial charge in [-0.3, -0.25) is 14.3 Å². The zero-order valence-electron chi connectivity index (χ0n) is 9.32. The summed E-state index contributed by atoms with van der Waals surface area (Å²) in [6.07, 6.45) is 5.38. The van der Waals surface area contributed by atoms with Gasteiger partial charge in [0.2, 0.25) is 0 Å². The van der Waals surface area contributed by atoms with Gasteiger partial charge >= 0.3 is 5.69 Å². The number of nitrogens with zero attached hydrogens (tertiary/aromatic N) is 2. The smallest absolute Gasteiger partial charge is 0.302 e. The van der Waals surface area contributed by atoms with Gasteiger partial charge in [0.1, 0.15) is 0 Å². The van der Waals surface area contributed by atoms with Crippen LogP contribution < -0.4 is 11.2 Å². The van der Waals surface area contributed by atoms with E-state index in [2.05, 4.69) is 9.88 Å². The Morgan fingerprint density at radius 2 is 1.88 bits per heavy atom. The number of rotatable bonds is 3. The highest BCUT2D eigenvalue weighted by Gasteiger charge is 2.09. The first-order valence-electron chi connectivity index (χ1n) is 5.78. The van der Waals surface area contributed by atoms with Crippen LogP contribution in [0.3, 0.4) is 0 Å². The van der Waals surface area contributed by atoms with E-state index in [1.54, 1.807) is 10.8 Å². The Kier molecular flexibility index (Phi) is 3.56. The summed E-state index contributed by atoms with van der Waals surface area (Å²) in [4.78, 5) is 26.9. The second-order valence-corrected chi connectivity index (χ2v) is 4.21. The molecule has 0 atom stereocenters. The molecule has 1 N–H and O–H groups in total. The standard InChI is InChI=1S/C11H17N3O2/c15-10-4-7-14(11(16)12-10)9-8-13-5-2-1-3-6-13/h4,7H,1-3,5-6,8-9H2,(H,12,15,16). The third kappa shape index (κ3) is 2.82. The van der Waals surface area contributed by atoms with Gasteiger partial charge in [-0.2, -0.15) is 0 Å². The molecule has 2 heterocycles. The molecule has 1 aliphatic heterocycles. The Labute approximate surface area is 93.7 Å². The lowest BCUT2D eigenvalue weighted by molar-refractivity contribution is 0.219. The topological polar surface area (TPSA) is 58.1 Å². The van der Waals surface area contributed by atoms with Crippen LogP contribution in [0.5, 0.6) is 0 Å². The molecule has 5 heteroatoms. The van der Waals surface area contributed by atoms with E-state index in [0.717, 1.165) is 19.6 Å². The van der Waals surface area contributed by atoms with Crippen molar-refractivity contribution in [3.63, 3.8) is 0 Å². The fraction of sp³-hybridized carbons (Fsp3) is 0.636. The molecule has 1 aliphatic rings. The van der Waals surface area contributed by atoms with Crippen molar-refractivity contribution < 1.29 is 0 Å². The third-order valence-corrected chi connectivity index (χ3v) is 3.00. The minimum absolute atomic E-state index is 0.315. The van der Waals surface area contributed by atoms with Gasteiger partial charge in [-0.25, -0.2) is 4.79 Å². The average molecular weight is 223 g/mol. The van der Waals surface area contributed by atoms with Gasteiger partial charge < -0.3 is 4.90 Å². The predicted molar refractivity (Wildman–Crippen MR) is 61.6 cm³/mol. The lowest BCUT2D eigenvalue weighted by atomic mass is 10.1. The van der Waals surface area contributed by atoms with Gasteiger partial charge in [-0.05, 0) is 25.9 Å². The van der Waals surface area contributed by atoms with Crippen LogP contribution in [0, 0.1) is 0 Å². The van der Waals surface area contributed by atoms with Crippen LogP contribution in [0.1, 0.15) is 19.3 Å². The number of hydrogen-bond donors (Lipinski definition) is 1. The van der Waals surface area contributed by atoms with Gasteiger partial charge in [-0.1, -0.05) is 6.42 Å². The van der Waals surface area contributed by atoms with E-state index >= 15 is 0 Å². The number of likely N-dealkylation sites (tertiary alicyclic amines) is 1. The predicted octanol–water partition coefficient (Wildman–Crippen LogP) is 0.0225. The Hall–Kier alpha value is -1.36. The van der Waals surface area contributed by atoms with E-state index in [-0.39, 0.29) is 11.2 Å². The Balaban J connectivity index is 1.93. The largest absolute Gasteiger partial charge is 0.328 e. The lowest BCUT2D eigenvalue weighted by Gasteiger charge is -2.26. The summed E-state index contributed by atoms with van der Waals surface area (Å²) in [5.41, 5.74) is -0.649. The first-order valence-corrected chi connectivity index (χ1v) is 5.78. The van der Waals surface area contributed by atoms with Crippen molar-refractivity contribution in [1.82, 2.24) is 14.5 Å². The van der Waals surface area contributed by atoms with Gasteiger partial charge in [-0.15, -0.1) is 0 Å². The Morgan fingerprint density at radius 3 is 2.56 bits per heavy atom. The highest BCUT2D eigenvalue weighted by Crippen LogP contribution is 2.07. The fourth-order valence-corrected chi connectivity index (χ4v) is 2.05. The molecular weight excluding hydrogens is 206 g/mol. The number of aromatic amines is 1. The first kappa shape index (κ1) is 11.1. The summed E-state index contributed by atoms with van der Waals surface area (Å²) in [7, 11) is 0. The molecule has 0 unspecified atom stereocenters. The molecule has 1 aromatic rings. The maximum absolute atomic E-state index is 11.4. The van der Waals surface area contributed by atoms with Crippen LogP contribution >= 0.6 is 0 Å². The normalized spacial score (nSPS) is 17.5. The number of aromatic nitrogens is 2. The molecule has 0 aliphatic carbocycles. The van der Waals surface area contributed by atoms with E-state index in [1.807, 2.05) is 0 Å². The van der Waals surface area contributed by atoms with Crippen LogP contribution in [0.4, 0.5) is 0 Å². The number of hydrogen-bond acceptors (Lipinski definition) is 3. The highest BCUT2D eigenvalue weighted by molar-refractivity contribution is 4.82. The SMILES string of the molecule is O=c1ccn(CCN2CCCCC2)c(=O)[nH]1. The molecule has 0 saturated carbocycles. The number of H-pyrrole nitrogens is 1.